The molecule has 0 bridgehead atoms. The van der Waals surface area contributed by atoms with Crippen molar-refractivity contribution < 1.29 is 4.43 Å². The predicted octanol–water partition coefficient (Wildman–Crippen LogP) is 6.09. The Morgan fingerprint density at radius 1 is 1.20 bits per heavy atom. The van der Waals surface area contributed by atoms with Crippen LogP contribution in [0.2, 0.25) is 18.1 Å². The van der Waals surface area contributed by atoms with Crippen molar-refractivity contribution in [1.82, 2.24) is 0 Å². The van der Waals surface area contributed by atoms with Crippen LogP contribution in [0, 0.1) is 0 Å². The molecule has 0 aliphatic rings. The van der Waals surface area contributed by atoms with Gasteiger partial charge in [-0.2, -0.15) is 0 Å². The zero-order valence-electron chi connectivity index (χ0n) is 13.6. The van der Waals surface area contributed by atoms with Gasteiger partial charge in [0.1, 0.15) is 0 Å². The number of rotatable bonds is 6. The molecule has 112 valence electrons. The fourth-order valence-corrected chi connectivity index (χ4v) is 3.60. The molecule has 0 spiro atoms. The van der Waals surface area contributed by atoms with E-state index in [9.17, 15) is 0 Å². The van der Waals surface area contributed by atoms with Crippen molar-refractivity contribution >= 4 is 20.1 Å². The van der Waals surface area contributed by atoms with Crippen molar-refractivity contribution in [3.05, 3.63) is 41.8 Å². The first-order valence-corrected chi connectivity index (χ1v) is 11.1. The summed E-state index contributed by atoms with van der Waals surface area (Å²) < 4.78 is 6.43. The molecule has 0 aliphatic heterocycles. The molecule has 20 heavy (non-hydrogen) atoms. The minimum absolute atomic E-state index is 0.229. The van der Waals surface area contributed by atoms with E-state index >= 15 is 0 Å². The second-order valence-corrected chi connectivity index (χ2v) is 12.3. The van der Waals surface area contributed by atoms with Gasteiger partial charge in [-0.3, -0.25) is 0 Å². The minimum atomic E-state index is -1.68. The quantitative estimate of drug-likeness (QED) is 0.464. The highest BCUT2D eigenvalue weighted by Gasteiger charge is 2.38. The van der Waals surface area contributed by atoms with Crippen LogP contribution in [-0.2, 0) is 4.43 Å². The van der Waals surface area contributed by atoms with Gasteiger partial charge in [0, 0.05) is 4.90 Å². The molecule has 0 saturated heterocycles. The van der Waals surface area contributed by atoms with Crippen molar-refractivity contribution in [3.63, 3.8) is 0 Å². The average molecular weight is 309 g/mol. The average Bonchev–Trinajstić information content (AvgIpc) is 2.37. The fourth-order valence-electron chi connectivity index (χ4n) is 1.52. The highest BCUT2D eigenvalue weighted by atomic mass is 32.2. The van der Waals surface area contributed by atoms with Gasteiger partial charge in [0.15, 0.2) is 8.32 Å². The first-order chi connectivity index (χ1) is 9.26. The smallest absolute Gasteiger partial charge is 0.192 e. The van der Waals surface area contributed by atoms with E-state index in [2.05, 4.69) is 76.5 Å². The Morgan fingerprint density at radius 2 is 1.80 bits per heavy atom. The molecule has 0 aromatic heterocycles. The summed E-state index contributed by atoms with van der Waals surface area (Å²) in [7, 11) is -1.68. The fraction of sp³-hybridized carbons (Fsp3) is 0.529. The largest absolute Gasteiger partial charge is 0.411 e. The molecule has 0 aliphatic carbocycles. The Kier molecular flexibility index (Phi) is 6.56. The molecule has 1 nitrogen and oxygen atoms in total. The number of thioether (sulfide) groups is 1. The van der Waals surface area contributed by atoms with Crippen molar-refractivity contribution in [2.45, 2.75) is 63.2 Å². The topological polar surface area (TPSA) is 9.23 Å². The summed E-state index contributed by atoms with van der Waals surface area (Å²) in [4.78, 5) is 1.27. The van der Waals surface area contributed by atoms with E-state index in [0.29, 0.717) is 0 Å². The normalized spacial score (nSPS) is 14.7. The van der Waals surface area contributed by atoms with Gasteiger partial charge in [0.25, 0.3) is 0 Å². The Hall–Kier alpha value is -0.513. The first-order valence-electron chi connectivity index (χ1n) is 7.32. The van der Waals surface area contributed by atoms with Crippen molar-refractivity contribution in [2.75, 3.05) is 0 Å². The third kappa shape index (κ3) is 5.47. The zero-order valence-corrected chi connectivity index (χ0v) is 15.5. The molecule has 1 aromatic rings. The monoisotopic (exact) mass is 308 g/mol. The molecule has 0 N–H and O–H groups in total. The van der Waals surface area contributed by atoms with Crippen molar-refractivity contribution in [3.8, 4) is 0 Å². The summed E-state index contributed by atoms with van der Waals surface area (Å²) >= 11 is 1.75. The van der Waals surface area contributed by atoms with Crippen LogP contribution in [0.1, 0.15) is 34.1 Å². The van der Waals surface area contributed by atoms with Crippen LogP contribution in [0.25, 0.3) is 0 Å². The van der Waals surface area contributed by atoms with E-state index in [-0.39, 0.29) is 11.1 Å². The number of hydrogen-bond acceptors (Lipinski definition) is 2. The Bertz CT molecular complexity index is 420. The summed E-state index contributed by atoms with van der Waals surface area (Å²) in [5, 5.41) is 2.43. The summed E-state index contributed by atoms with van der Waals surface area (Å²) in [5.74, 6) is 0. The molecule has 0 saturated carbocycles. The Balaban J connectivity index is 2.59. The van der Waals surface area contributed by atoms with Gasteiger partial charge in [-0.15, -0.1) is 0 Å². The highest BCUT2D eigenvalue weighted by molar-refractivity contribution is 8.02. The van der Waals surface area contributed by atoms with E-state index in [1.54, 1.807) is 11.8 Å². The molecule has 1 rings (SSSR count). The summed E-state index contributed by atoms with van der Waals surface area (Å²) in [5.41, 5.74) is 0. The van der Waals surface area contributed by atoms with Gasteiger partial charge in [-0.25, -0.2) is 0 Å². The SMILES string of the molecule is CC[C@@H](/C=C/Sc1ccccc1)O[Si](C)(C)C(C)(C)C. The highest BCUT2D eigenvalue weighted by Crippen LogP contribution is 2.37. The van der Waals surface area contributed by atoms with Gasteiger partial charge >= 0.3 is 0 Å². The standard InChI is InChI=1S/C17H28OSSi/c1-7-15(18-20(5,6)17(2,3)4)13-14-19-16-11-9-8-10-12-16/h8-15H,7H2,1-6H3/b14-13+/t15-/m0/s1. The third-order valence-corrected chi connectivity index (χ3v) is 9.24. The van der Waals surface area contributed by atoms with Gasteiger partial charge in [0.05, 0.1) is 6.10 Å². The van der Waals surface area contributed by atoms with Crippen LogP contribution in [0.5, 0.6) is 0 Å². The molecular weight excluding hydrogens is 280 g/mol. The Labute approximate surface area is 129 Å². The first kappa shape index (κ1) is 17.5. The minimum Gasteiger partial charge on any atom is -0.411 e. The summed E-state index contributed by atoms with van der Waals surface area (Å²) in [6.07, 6.45) is 3.46. The summed E-state index contributed by atoms with van der Waals surface area (Å²) in [6.45, 7) is 13.7. The van der Waals surface area contributed by atoms with Crippen molar-refractivity contribution in [1.29, 1.82) is 0 Å². The molecule has 1 atom stereocenters. The third-order valence-electron chi connectivity index (χ3n) is 3.90. The van der Waals surface area contributed by atoms with Gasteiger partial charge in [0.2, 0.25) is 0 Å². The maximum absolute atomic E-state index is 6.43. The van der Waals surface area contributed by atoms with Gasteiger partial charge in [-0.1, -0.05) is 63.7 Å². The Morgan fingerprint density at radius 3 is 2.30 bits per heavy atom. The van der Waals surface area contributed by atoms with E-state index < -0.39 is 8.32 Å². The van der Waals surface area contributed by atoms with Gasteiger partial charge < -0.3 is 4.43 Å². The second-order valence-electron chi connectivity index (χ2n) is 6.58. The van der Waals surface area contributed by atoms with Crippen LogP contribution in [0.3, 0.4) is 0 Å². The van der Waals surface area contributed by atoms with E-state index in [1.165, 1.54) is 4.90 Å². The lowest BCUT2D eigenvalue weighted by Gasteiger charge is -2.38. The van der Waals surface area contributed by atoms with Crippen LogP contribution in [0.15, 0.2) is 46.7 Å². The maximum atomic E-state index is 6.43. The van der Waals surface area contributed by atoms with Crippen LogP contribution >= 0.6 is 11.8 Å². The molecule has 0 amide bonds. The van der Waals surface area contributed by atoms with Crippen LogP contribution < -0.4 is 0 Å². The molecular formula is C17H28OSSi. The lowest BCUT2D eigenvalue weighted by molar-refractivity contribution is 0.221. The van der Waals surface area contributed by atoms with Crippen LogP contribution in [-0.4, -0.2) is 14.4 Å². The molecule has 0 unspecified atom stereocenters. The molecule has 0 fully saturated rings. The molecule has 1 aromatic carbocycles. The van der Waals surface area contributed by atoms with Gasteiger partial charge in [-0.05, 0) is 42.1 Å². The zero-order chi connectivity index (χ0) is 15.2. The molecule has 3 heteroatoms. The van der Waals surface area contributed by atoms with Crippen molar-refractivity contribution in [2.24, 2.45) is 0 Å². The maximum Gasteiger partial charge on any atom is 0.192 e. The number of benzene rings is 1. The number of hydrogen-bond donors (Lipinski definition) is 0. The van der Waals surface area contributed by atoms with E-state index in [0.717, 1.165) is 6.42 Å². The molecule has 0 radical (unpaired) electrons. The summed E-state index contributed by atoms with van der Waals surface area (Å²) in [6, 6.07) is 10.4. The molecule has 0 heterocycles. The lowest BCUT2D eigenvalue weighted by Crippen LogP contribution is -2.43. The predicted molar refractivity (Wildman–Crippen MR) is 93.8 cm³/mol. The van der Waals surface area contributed by atoms with Crippen LogP contribution in [0.4, 0.5) is 0 Å². The van der Waals surface area contributed by atoms with E-state index in [1.807, 2.05) is 6.07 Å². The second kappa shape index (κ2) is 7.48. The lowest BCUT2D eigenvalue weighted by atomic mass is 10.2. The van der Waals surface area contributed by atoms with E-state index in [4.69, 9.17) is 4.43 Å².